The first-order chi connectivity index (χ1) is 16.0. The minimum absolute atomic E-state index is 0.0143. The fourth-order valence-electron chi connectivity index (χ4n) is 3.00. The lowest BCUT2D eigenvalue weighted by Crippen LogP contribution is -2.23. The van der Waals surface area contributed by atoms with Gasteiger partial charge in [0.2, 0.25) is 5.91 Å². The van der Waals surface area contributed by atoms with Crippen LogP contribution in [0.5, 0.6) is 5.75 Å². The zero-order chi connectivity index (χ0) is 23.2. The summed E-state index contributed by atoms with van der Waals surface area (Å²) in [6.07, 6.45) is 0. The molecule has 1 atom stereocenters. The molecule has 1 aromatic heterocycles. The summed E-state index contributed by atoms with van der Waals surface area (Å²) in [5.74, 6) is -0.543. The molecule has 0 aliphatic heterocycles. The Kier molecular flexibility index (Phi) is 6.99. The van der Waals surface area contributed by atoms with Gasteiger partial charge in [-0.15, -0.1) is 10.2 Å². The SMILES string of the molecule is CC(Sc1nnc(COc2ccccc2F)n1-c1ccccc1)C(=O)Nc1ccc(F)cc1. The van der Waals surface area contributed by atoms with Crippen LogP contribution >= 0.6 is 11.8 Å². The van der Waals surface area contributed by atoms with E-state index in [0.717, 1.165) is 5.69 Å². The second-order valence-electron chi connectivity index (χ2n) is 7.05. The van der Waals surface area contributed by atoms with Gasteiger partial charge in [-0.05, 0) is 55.5 Å². The molecule has 168 valence electrons. The van der Waals surface area contributed by atoms with Gasteiger partial charge in [0.05, 0.1) is 5.25 Å². The predicted molar refractivity (Wildman–Crippen MR) is 122 cm³/mol. The van der Waals surface area contributed by atoms with Gasteiger partial charge in [0.1, 0.15) is 12.4 Å². The van der Waals surface area contributed by atoms with E-state index in [1.807, 2.05) is 30.3 Å². The monoisotopic (exact) mass is 466 g/mol. The molecule has 1 heterocycles. The van der Waals surface area contributed by atoms with Gasteiger partial charge < -0.3 is 10.1 Å². The van der Waals surface area contributed by atoms with Gasteiger partial charge >= 0.3 is 0 Å². The van der Waals surface area contributed by atoms with E-state index in [4.69, 9.17) is 4.74 Å². The number of anilines is 1. The lowest BCUT2D eigenvalue weighted by atomic mass is 10.3. The van der Waals surface area contributed by atoms with Crippen molar-refractivity contribution >= 4 is 23.4 Å². The van der Waals surface area contributed by atoms with E-state index in [-0.39, 0.29) is 24.1 Å². The molecule has 0 bridgehead atoms. The standard InChI is InChI=1S/C24H20F2N4O2S/c1-16(23(31)27-18-13-11-17(25)12-14-18)33-24-29-28-22(30(24)19-7-3-2-4-8-19)15-32-21-10-6-5-9-20(21)26/h2-14,16H,15H2,1H3,(H,27,31). The molecular weight excluding hydrogens is 446 g/mol. The topological polar surface area (TPSA) is 69.0 Å². The zero-order valence-electron chi connectivity index (χ0n) is 17.6. The number of thioether (sulfide) groups is 1. The number of halogens is 2. The zero-order valence-corrected chi connectivity index (χ0v) is 18.4. The van der Waals surface area contributed by atoms with Crippen LogP contribution in [-0.4, -0.2) is 25.9 Å². The van der Waals surface area contributed by atoms with Crippen LogP contribution in [0.4, 0.5) is 14.5 Å². The average molecular weight is 467 g/mol. The summed E-state index contributed by atoms with van der Waals surface area (Å²) in [7, 11) is 0. The summed E-state index contributed by atoms with van der Waals surface area (Å²) in [6, 6.07) is 21.1. The number of carbonyl (C=O) groups excluding carboxylic acids is 1. The van der Waals surface area contributed by atoms with Gasteiger partial charge in [-0.1, -0.05) is 42.1 Å². The predicted octanol–water partition coefficient (Wildman–Crippen LogP) is 5.24. The van der Waals surface area contributed by atoms with Crippen molar-refractivity contribution < 1.29 is 18.3 Å². The van der Waals surface area contributed by atoms with E-state index < -0.39 is 11.1 Å². The lowest BCUT2D eigenvalue weighted by Gasteiger charge is -2.14. The molecule has 0 saturated heterocycles. The maximum absolute atomic E-state index is 13.9. The van der Waals surface area contributed by atoms with Crippen LogP contribution in [0.1, 0.15) is 12.7 Å². The van der Waals surface area contributed by atoms with Crippen LogP contribution in [-0.2, 0) is 11.4 Å². The molecule has 0 radical (unpaired) electrons. The van der Waals surface area contributed by atoms with E-state index in [9.17, 15) is 13.6 Å². The van der Waals surface area contributed by atoms with Gasteiger partial charge in [-0.3, -0.25) is 9.36 Å². The molecule has 1 amide bonds. The van der Waals surface area contributed by atoms with E-state index in [1.165, 1.54) is 48.2 Å². The van der Waals surface area contributed by atoms with Gasteiger partial charge in [0.25, 0.3) is 0 Å². The number of hydrogen-bond acceptors (Lipinski definition) is 5. The molecule has 0 spiro atoms. The Morgan fingerprint density at radius 3 is 2.42 bits per heavy atom. The summed E-state index contributed by atoms with van der Waals surface area (Å²) in [5.41, 5.74) is 1.28. The maximum atomic E-state index is 13.9. The van der Waals surface area contributed by atoms with Gasteiger partial charge in [-0.2, -0.15) is 0 Å². The first kappa shape index (κ1) is 22.5. The number of benzene rings is 3. The molecule has 4 aromatic rings. The van der Waals surface area contributed by atoms with Crippen LogP contribution in [0.15, 0.2) is 84.0 Å². The number of hydrogen-bond donors (Lipinski definition) is 1. The first-order valence-electron chi connectivity index (χ1n) is 10.1. The van der Waals surface area contributed by atoms with Gasteiger partial charge in [-0.25, -0.2) is 8.78 Å². The summed E-state index contributed by atoms with van der Waals surface area (Å²) in [6.45, 7) is 1.72. The number of aromatic nitrogens is 3. The minimum atomic E-state index is -0.526. The number of carbonyl (C=O) groups is 1. The molecule has 0 saturated carbocycles. The summed E-state index contributed by atoms with van der Waals surface area (Å²) >= 11 is 1.21. The minimum Gasteiger partial charge on any atom is -0.483 e. The summed E-state index contributed by atoms with van der Waals surface area (Å²) < 4.78 is 34.4. The molecule has 9 heteroatoms. The van der Waals surface area contributed by atoms with Crippen molar-refractivity contribution in [1.29, 1.82) is 0 Å². The third-order valence-electron chi connectivity index (χ3n) is 4.67. The third kappa shape index (κ3) is 5.56. The Bertz CT molecular complexity index is 1230. The highest BCUT2D eigenvalue weighted by Gasteiger charge is 2.22. The largest absolute Gasteiger partial charge is 0.483 e. The maximum Gasteiger partial charge on any atom is 0.237 e. The molecule has 1 unspecified atom stereocenters. The third-order valence-corrected chi connectivity index (χ3v) is 5.71. The van der Waals surface area contributed by atoms with Crippen LogP contribution < -0.4 is 10.1 Å². The van der Waals surface area contributed by atoms with Crippen LogP contribution in [0.3, 0.4) is 0 Å². The molecule has 0 aliphatic rings. The number of ether oxygens (including phenoxy) is 1. The fourth-order valence-corrected chi connectivity index (χ4v) is 3.89. The molecule has 33 heavy (non-hydrogen) atoms. The highest BCUT2D eigenvalue weighted by molar-refractivity contribution is 8.00. The Morgan fingerprint density at radius 1 is 1.00 bits per heavy atom. The molecule has 3 aromatic carbocycles. The normalized spacial score (nSPS) is 11.7. The van der Waals surface area contributed by atoms with Crippen LogP contribution in [0.2, 0.25) is 0 Å². The van der Waals surface area contributed by atoms with Gasteiger partial charge in [0, 0.05) is 11.4 Å². The van der Waals surface area contributed by atoms with Crippen molar-refractivity contribution in [2.45, 2.75) is 23.9 Å². The van der Waals surface area contributed by atoms with Crippen molar-refractivity contribution in [3.63, 3.8) is 0 Å². The average Bonchev–Trinajstić information content (AvgIpc) is 3.22. The number of para-hydroxylation sites is 2. The molecule has 4 rings (SSSR count). The Balaban J connectivity index is 1.54. The quantitative estimate of drug-likeness (QED) is 0.360. The molecule has 1 N–H and O–H groups in total. The fraction of sp³-hybridized carbons (Fsp3) is 0.125. The van der Waals surface area contributed by atoms with Crippen molar-refractivity contribution in [1.82, 2.24) is 14.8 Å². The number of amides is 1. The van der Waals surface area contributed by atoms with Crippen molar-refractivity contribution in [3.8, 4) is 11.4 Å². The number of nitrogens with zero attached hydrogens (tertiary/aromatic N) is 3. The Labute approximate surface area is 193 Å². The number of nitrogens with one attached hydrogen (secondary N) is 1. The molecule has 6 nitrogen and oxygen atoms in total. The highest BCUT2D eigenvalue weighted by Crippen LogP contribution is 2.27. The second kappa shape index (κ2) is 10.3. The summed E-state index contributed by atoms with van der Waals surface area (Å²) in [5, 5.41) is 11.2. The van der Waals surface area contributed by atoms with E-state index in [0.29, 0.717) is 16.7 Å². The van der Waals surface area contributed by atoms with E-state index in [1.54, 1.807) is 23.6 Å². The van der Waals surface area contributed by atoms with Crippen molar-refractivity contribution in [2.75, 3.05) is 5.32 Å². The Hall–Kier alpha value is -3.72. The smallest absolute Gasteiger partial charge is 0.237 e. The van der Waals surface area contributed by atoms with Crippen molar-refractivity contribution in [2.24, 2.45) is 0 Å². The molecule has 0 aliphatic carbocycles. The van der Waals surface area contributed by atoms with Crippen LogP contribution in [0.25, 0.3) is 5.69 Å². The van der Waals surface area contributed by atoms with Crippen LogP contribution in [0, 0.1) is 11.6 Å². The van der Waals surface area contributed by atoms with Crippen molar-refractivity contribution in [3.05, 3.63) is 96.3 Å². The second-order valence-corrected chi connectivity index (χ2v) is 8.35. The lowest BCUT2D eigenvalue weighted by molar-refractivity contribution is -0.115. The molecular formula is C24H20F2N4O2S. The first-order valence-corrected chi connectivity index (χ1v) is 11.0. The number of rotatable bonds is 8. The highest BCUT2D eigenvalue weighted by atomic mass is 32.2. The molecule has 0 fully saturated rings. The summed E-state index contributed by atoms with van der Waals surface area (Å²) in [4.78, 5) is 12.7. The van der Waals surface area contributed by atoms with E-state index in [2.05, 4.69) is 15.5 Å². The van der Waals surface area contributed by atoms with E-state index >= 15 is 0 Å². The van der Waals surface area contributed by atoms with Gasteiger partial charge in [0.15, 0.2) is 22.5 Å². The Morgan fingerprint density at radius 2 is 1.70 bits per heavy atom.